The van der Waals surface area contributed by atoms with Crippen molar-refractivity contribution in [1.82, 2.24) is 34.9 Å². The molecule has 132 valence electrons. The summed E-state index contributed by atoms with van der Waals surface area (Å²) in [6, 6.07) is 1.77. The fourth-order valence-electron chi connectivity index (χ4n) is 2.89. The molecule has 0 radical (unpaired) electrons. The fraction of sp³-hybridized carbons (Fsp3) is 0.188. The number of carbonyl (C=O) groups is 1. The number of aromatic nitrogens is 7. The summed E-state index contributed by atoms with van der Waals surface area (Å²) >= 11 is 6.25. The highest BCUT2D eigenvalue weighted by molar-refractivity contribution is 6.32. The summed E-state index contributed by atoms with van der Waals surface area (Å²) in [6.07, 6.45) is 3.43. The summed E-state index contributed by atoms with van der Waals surface area (Å²) in [6.45, 7) is 1.43. The van der Waals surface area contributed by atoms with Crippen molar-refractivity contribution in [3.8, 4) is 28.5 Å². The number of carbonyl (C=O) groups excluding carboxylic acids is 1. The van der Waals surface area contributed by atoms with Gasteiger partial charge < -0.3 is 9.30 Å². The molecular formula is C16H14ClN7O2. The Morgan fingerprint density at radius 2 is 2.15 bits per heavy atom. The van der Waals surface area contributed by atoms with E-state index in [0.29, 0.717) is 27.9 Å². The minimum atomic E-state index is -0.199. The molecule has 0 saturated carbocycles. The van der Waals surface area contributed by atoms with E-state index in [4.69, 9.17) is 16.3 Å². The van der Waals surface area contributed by atoms with Crippen molar-refractivity contribution in [3.63, 3.8) is 0 Å². The van der Waals surface area contributed by atoms with Crippen LogP contribution in [0.3, 0.4) is 0 Å². The summed E-state index contributed by atoms with van der Waals surface area (Å²) in [5.41, 5.74) is 3.69. The van der Waals surface area contributed by atoms with E-state index in [1.807, 2.05) is 11.6 Å². The number of H-pyrrole nitrogens is 2. The average molecular weight is 372 g/mol. The molecule has 4 aromatic rings. The minimum Gasteiger partial charge on any atom is -0.480 e. The minimum absolute atomic E-state index is 0.187. The fourth-order valence-corrected chi connectivity index (χ4v) is 3.12. The largest absolute Gasteiger partial charge is 0.480 e. The van der Waals surface area contributed by atoms with Crippen LogP contribution >= 0.6 is 11.6 Å². The molecule has 0 amide bonds. The maximum atomic E-state index is 11.6. The summed E-state index contributed by atoms with van der Waals surface area (Å²) in [5, 5.41) is 14.1. The number of nitrogens with one attached hydrogen (secondary N) is 2. The van der Waals surface area contributed by atoms with Crippen LogP contribution in [0.1, 0.15) is 17.5 Å². The molecule has 0 aliphatic carbocycles. The lowest BCUT2D eigenvalue weighted by molar-refractivity contribution is 0.100. The number of ether oxygens (including phenoxy) is 1. The Balaban J connectivity index is 2.09. The number of fused-ring (bicyclic) bond motifs is 1. The number of Topliss-reactive ketones (excluding diaryl/α,β-unsaturated/α-hetero) is 1. The molecule has 0 spiro atoms. The predicted octanol–water partition coefficient (Wildman–Crippen LogP) is 2.61. The molecule has 0 atom stereocenters. The van der Waals surface area contributed by atoms with Gasteiger partial charge in [-0.25, -0.2) is 9.97 Å². The van der Waals surface area contributed by atoms with E-state index in [2.05, 4.69) is 30.4 Å². The Labute approximate surface area is 152 Å². The van der Waals surface area contributed by atoms with E-state index in [0.717, 1.165) is 16.6 Å². The Hall–Kier alpha value is -3.20. The molecule has 4 aromatic heterocycles. The number of rotatable bonds is 4. The molecular weight excluding hydrogens is 358 g/mol. The summed E-state index contributed by atoms with van der Waals surface area (Å²) in [7, 11) is 3.37. The molecule has 0 unspecified atom stereocenters. The van der Waals surface area contributed by atoms with Crippen LogP contribution in [0.25, 0.3) is 33.7 Å². The molecule has 0 bridgehead atoms. The maximum Gasteiger partial charge on any atom is 0.233 e. The molecule has 4 heterocycles. The van der Waals surface area contributed by atoms with Crippen LogP contribution in [0, 0.1) is 0 Å². The lowest BCUT2D eigenvalue weighted by Crippen LogP contribution is -1.96. The lowest BCUT2D eigenvalue weighted by Gasteiger charge is -2.03. The van der Waals surface area contributed by atoms with Gasteiger partial charge in [-0.2, -0.15) is 10.2 Å². The van der Waals surface area contributed by atoms with Crippen molar-refractivity contribution >= 4 is 28.4 Å². The van der Waals surface area contributed by atoms with Crippen molar-refractivity contribution < 1.29 is 9.53 Å². The maximum absolute atomic E-state index is 11.6. The number of aryl methyl sites for hydroxylation is 1. The van der Waals surface area contributed by atoms with Crippen molar-refractivity contribution in [2.24, 2.45) is 7.05 Å². The molecule has 2 N–H and O–H groups in total. The third-order valence-corrected chi connectivity index (χ3v) is 4.38. The van der Waals surface area contributed by atoms with E-state index >= 15 is 0 Å². The van der Waals surface area contributed by atoms with Crippen LogP contribution < -0.4 is 4.74 Å². The Bertz CT molecular complexity index is 1130. The zero-order valence-electron chi connectivity index (χ0n) is 14.2. The quantitative estimate of drug-likeness (QED) is 0.533. The molecule has 0 aromatic carbocycles. The predicted molar refractivity (Wildman–Crippen MR) is 95.2 cm³/mol. The van der Waals surface area contributed by atoms with E-state index in [9.17, 15) is 4.79 Å². The van der Waals surface area contributed by atoms with Crippen LogP contribution in [-0.4, -0.2) is 47.8 Å². The molecule has 26 heavy (non-hydrogen) atoms. The highest BCUT2D eigenvalue weighted by Gasteiger charge is 2.25. The molecule has 0 aliphatic heterocycles. The molecule has 0 aliphatic rings. The van der Waals surface area contributed by atoms with Gasteiger partial charge in [-0.05, 0) is 6.07 Å². The van der Waals surface area contributed by atoms with Gasteiger partial charge in [-0.15, -0.1) is 0 Å². The summed E-state index contributed by atoms with van der Waals surface area (Å²) in [4.78, 5) is 20.4. The van der Waals surface area contributed by atoms with Gasteiger partial charge in [0.05, 0.1) is 24.5 Å². The van der Waals surface area contributed by atoms with Gasteiger partial charge in [0.1, 0.15) is 10.5 Å². The zero-order chi connectivity index (χ0) is 18.4. The second-order valence-electron chi connectivity index (χ2n) is 5.68. The van der Waals surface area contributed by atoms with Gasteiger partial charge in [-0.3, -0.25) is 15.0 Å². The Kier molecular flexibility index (Phi) is 3.73. The highest BCUT2D eigenvalue weighted by atomic mass is 35.5. The van der Waals surface area contributed by atoms with E-state index in [1.165, 1.54) is 14.0 Å². The van der Waals surface area contributed by atoms with Gasteiger partial charge >= 0.3 is 0 Å². The Morgan fingerprint density at radius 1 is 1.35 bits per heavy atom. The van der Waals surface area contributed by atoms with Gasteiger partial charge in [0, 0.05) is 31.3 Å². The van der Waals surface area contributed by atoms with E-state index in [1.54, 1.807) is 18.5 Å². The van der Waals surface area contributed by atoms with Gasteiger partial charge in [0.2, 0.25) is 5.88 Å². The number of ketones is 1. The van der Waals surface area contributed by atoms with Crippen LogP contribution in [-0.2, 0) is 7.05 Å². The van der Waals surface area contributed by atoms with Crippen molar-refractivity contribution in [3.05, 3.63) is 29.3 Å². The molecule has 10 heteroatoms. The SMILES string of the molecule is COc1nc2c(-c3cn[nH]c3)c(-c3n[nH]c(C(C)=O)n3)n(C)c2cc1Cl. The molecule has 9 nitrogen and oxygen atoms in total. The third kappa shape index (κ3) is 2.36. The number of hydrogen-bond acceptors (Lipinski definition) is 6. The number of hydrogen-bond donors (Lipinski definition) is 2. The van der Waals surface area contributed by atoms with Crippen LogP contribution in [0.4, 0.5) is 0 Å². The summed E-state index contributed by atoms with van der Waals surface area (Å²) < 4.78 is 7.14. The normalized spacial score (nSPS) is 11.2. The van der Waals surface area contributed by atoms with Crippen LogP contribution in [0.5, 0.6) is 5.88 Å². The number of methoxy groups -OCH3 is 1. The van der Waals surface area contributed by atoms with Crippen molar-refractivity contribution in [1.29, 1.82) is 0 Å². The number of pyridine rings is 1. The topological polar surface area (TPSA) is 114 Å². The number of aromatic amines is 2. The highest BCUT2D eigenvalue weighted by Crippen LogP contribution is 2.40. The average Bonchev–Trinajstić information content (AvgIpc) is 3.34. The monoisotopic (exact) mass is 371 g/mol. The Morgan fingerprint density at radius 3 is 2.77 bits per heavy atom. The van der Waals surface area contributed by atoms with E-state index in [-0.39, 0.29) is 11.6 Å². The first-order chi connectivity index (χ1) is 12.5. The van der Waals surface area contributed by atoms with Crippen molar-refractivity contribution in [2.75, 3.05) is 7.11 Å². The second-order valence-corrected chi connectivity index (χ2v) is 6.09. The standard InChI is InChI=1S/C16H14ClN7O2/c1-7(25)14-21-15(23-22-14)13-11(8-5-18-19-6-8)12-10(24(13)2)4-9(17)16(20-12)26-3/h4-6H,1-3H3,(H,18,19)(H,21,22,23). The number of halogens is 1. The van der Waals surface area contributed by atoms with Gasteiger partial charge in [-0.1, -0.05) is 11.6 Å². The smallest absolute Gasteiger partial charge is 0.233 e. The third-order valence-electron chi connectivity index (χ3n) is 4.11. The molecule has 0 fully saturated rings. The number of nitrogens with zero attached hydrogens (tertiary/aromatic N) is 5. The summed E-state index contributed by atoms with van der Waals surface area (Å²) in [5.74, 6) is 0.685. The first-order valence-electron chi connectivity index (χ1n) is 7.67. The first-order valence-corrected chi connectivity index (χ1v) is 8.04. The first kappa shape index (κ1) is 16.3. The van der Waals surface area contributed by atoms with Crippen LogP contribution in [0.15, 0.2) is 18.5 Å². The van der Waals surface area contributed by atoms with E-state index < -0.39 is 0 Å². The zero-order valence-corrected chi connectivity index (χ0v) is 14.9. The van der Waals surface area contributed by atoms with Gasteiger partial charge in [0.15, 0.2) is 17.4 Å². The molecule has 4 rings (SSSR count). The van der Waals surface area contributed by atoms with Crippen LogP contribution in [0.2, 0.25) is 5.02 Å². The van der Waals surface area contributed by atoms with Gasteiger partial charge in [0.25, 0.3) is 0 Å². The molecule has 0 saturated heterocycles. The second kappa shape index (κ2) is 5.95. The lowest BCUT2D eigenvalue weighted by atomic mass is 10.1. The van der Waals surface area contributed by atoms with Crippen molar-refractivity contribution in [2.45, 2.75) is 6.92 Å².